The molecule has 1 saturated heterocycles. The van der Waals surface area contributed by atoms with Crippen LogP contribution in [0.1, 0.15) is 20.8 Å². The van der Waals surface area contributed by atoms with Crippen molar-refractivity contribution in [3.8, 4) is 0 Å². The average molecular weight is 409 g/mol. The second-order valence-electron chi connectivity index (χ2n) is 6.85. The first kappa shape index (κ1) is 19.7. The number of nitrogens with zero attached hydrogens (tertiary/aromatic N) is 3. The van der Waals surface area contributed by atoms with Crippen LogP contribution in [0, 0.1) is 5.92 Å². The minimum atomic E-state index is -0.552. The Hall–Kier alpha value is -2.06. The van der Waals surface area contributed by atoms with Gasteiger partial charge in [-0.1, -0.05) is 37.2 Å². The van der Waals surface area contributed by atoms with Crippen molar-refractivity contribution in [3.05, 3.63) is 33.6 Å². The minimum absolute atomic E-state index is 0.183. The molecule has 2 heterocycles. The van der Waals surface area contributed by atoms with Gasteiger partial charge in [-0.2, -0.15) is 0 Å². The number of thioether (sulfide) groups is 1. The lowest BCUT2D eigenvalue weighted by Crippen LogP contribution is -2.39. The van der Waals surface area contributed by atoms with Crippen LogP contribution in [0.2, 0.25) is 5.02 Å². The Morgan fingerprint density at radius 2 is 2.07 bits per heavy atom. The van der Waals surface area contributed by atoms with Gasteiger partial charge in [0.15, 0.2) is 5.16 Å². The van der Waals surface area contributed by atoms with E-state index in [0.717, 1.165) is 0 Å². The molecule has 1 N–H and O–H groups in total. The summed E-state index contributed by atoms with van der Waals surface area (Å²) in [5, 5.41) is 3.45. The highest BCUT2D eigenvalue weighted by Gasteiger charge is 2.31. The van der Waals surface area contributed by atoms with Crippen molar-refractivity contribution >= 4 is 46.2 Å². The number of benzene rings is 1. The van der Waals surface area contributed by atoms with E-state index in [1.165, 1.54) is 16.7 Å². The Morgan fingerprint density at radius 1 is 1.33 bits per heavy atom. The molecule has 0 radical (unpaired) electrons. The number of aromatic nitrogens is 2. The summed E-state index contributed by atoms with van der Waals surface area (Å²) in [6.45, 7) is 7.01. The van der Waals surface area contributed by atoms with Crippen LogP contribution in [0.4, 0.5) is 4.79 Å². The second-order valence-corrected chi connectivity index (χ2v) is 8.59. The Labute approximate surface area is 166 Å². The average Bonchev–Trinajstić information content (AvgIpc) is 3.04. The lowest BCUT2D eigenvalue weighted by molar-refractivity contribution is -0.126. The number of imide groups is 1. The fourth-order valence-electron chi connectivity index (χ4n) is 2.90. The molecule has 1 aliphatic heterocycles. The van der Waals surface area contributed by atoms with Gasteiger partial charge in [0.25, 0.3) is 5.56 Å². The van der Waals surface area contributed by atoms with E-state index >= 15 is 0 Å². The molecule has 2 aromatic rings. The van der Waals surface area contributed by atoms with Crippen molar-refractivity contribution in [3.63, 3.8) is 0 Å². The van der Waals surface area contributed by atoms with Crippen LogP contribution in [-0.4, -0.2) is 44.7 Å². The van der Waals surface area contributed by atoms with Crippen molar-refractivity contribution in [2.24, 2.45) is 5.92 Å². The summed E-state index contributed by atoms with van der Waals surface area (Å²) in [4.78, 5) is 43.1. The third kappa shape index (κ3) is 4.11. The van der Waals surface area contributed by atoms with Crippen molar-refractivity contribution in [1.82, 2.24) is 19.8 Å². The summed E-state index contributed by atoms with van der Waals surface area (Å²) >= 11 is 7.22. The van der Waals surface area contributed by atoms with E-state index in [0.29, 0.717) is 40.7 Å². The molecule has 1 aliphatic rings. The molecule has 0 spiro atoms. The minimum Gasteiger partial charge on any atom is -0.336 e. The number of nitrogens with one attached hydrogen (secondary N) is 1. The predicted octanol–water partition coefficient (Wildman–Crippen LogP) is 2.74. The fraction of sp³-hybridized carbons (Fsp3) is 0.444. The molecule has 27 heavy (non-hydrogen) atoms. The normalized spacial score (nSPS) is 15.4. The molecule has 144 valence electrons. The maximum Gasteiger partial charge on any atom is 0.324 e. The summed E-state index contributed by atoms with van der Waals surface area (Å²) in [6, 6.07) is 4.61. The van der Waals surface area contributed by atoms with Crippen LogP contribution >= 0.6 is 23.4 Å². The number of amides is 3. The third-order valence-electron chi connectivity index (χ3n) is 4.18. The van der Waals surface area contributed by atoms with E-state index < -0.39 is 5.25 Å². The topological polar surface area (TPSA) is 84.3 Å². The predicted molar refractivity (Wildman–Crippen MR) is 106 cm³/mol. The SMILES string of the molecule is CC(C)Cn1c(S[C@H](C)C(=O)N2CCNC2=O)nc2ccc(Cl)cc2c1=O. The molecule has 1 aromatic carbocycles. The molecule has 0 saturated carbocycles. The van der Waals surface area contributed by atoms with Gasteiger partial charge in [-0.25, -0.2) is 9.78 Å². The number of carbonyl (C=O) groups excluding carboxylic acids is 2. The van der Waals surface area contributed by atoms with Gasteiger partial charge in [0.05, 0.1) is 16.2 Å². The highest BCUT2D eigenvalue weighted by atomic mass is 35.5. The van der Waals surface area contributed by atoms with Gasteiger partial charge in [0.2, 0.25) is 5.91 Å². The summed E-state index contributed by atoms with van der Waals surface area (Å²) in [5.74, 6) is -0.0765. The zero-order valence-electron chi connectivity index (χ0n) is 15.4. The molecule has 7 nitrogen and oxygen atoms in total. The van der Waals surface area contributed by atoms with E-state index in [2.05, 4.69) is 10.3 Å². The van der Waals surface area contributed by atoms with E-state index in [4.69, 9.17) is 11.6 Å². The fourth-order valence-corrected chi connectivity index (χ4v) is 4.05. The lowest BCUT2D eigenvalue weighted by atomic mass is 10.2. The molecule has 1 aromatic heterocycles. The molecule has 9 heteroatoms. The van der Waals surface area contributed by atoms with Crippen LogP contribution < -0.4 is 10.9 Å². The molecular formula is C18H21ClN4O3S. The number of hydrogen-bond donors (Lipinski definition) is 1. The maximum atomic E-state index is 13.0. The van der Waals surface area contributed by atoms with Gasteiger partial charge < -0.3 is 5.32 Å². The van der Waals surface area contributed by atoms with E-state index in [9.17, 15) is 14.4 Å². The monoisotopic (exact) mass is 408 g/mol. The van der Waals surface area contributed by atoms with Crippen LogP contribution in [0.25, 0.3) is 10.9 Å². The van der Waals surface area contributed by atoms with E-state index in [1.807, 2.05) is 13.8 Å². The van der Waals surface area contributed by atoms with Gasteiger partial charge in [-0.15, -0.1) is 0 Å². The van der Waals surface area contributed by atoms with Crippen molar-refractivity contribution in [1.29, 1.82) is 0 Å². The molecule has 0 bridgehead atoms. The van der Waals surface area contributed by atoms with E-state index in [1.54, 1.807) is 29.7 Å². The molecule has 1 fully saturated rings. The number of carbonyl (C=O) groups is 2. The Bertz CT molecular complexity index is 960. The van der Waals surface area contributed by atoms with Crippen molar-refractivity contribution in [2.75, 3.05) is 13.1 Å². The van der Waals surface area contributed by atoms with Crippen molar-refractivity contribution in [2.45, 2.75) is 37.7 Å². The summed E-state index contributed by atoms with van der Waals surface area (Å²) in [5.41, 5.74) is 0.350. The first-order valence-corrected chi connectivity index (χ1v) is 9.99. The maximum absolute atomic E-state index is 13.0. The van der Waals surface area contributed by atoms with Gasteiger partial charge in [-0.3, -0.25) is 19.1 Å². The molecule has 1 atom stereocenters. The van der Waals surface area contributed by atoms with Gasteiger partial charge in [0.1, 0.15) is 0 Å². The van der Waals surface area contributed by atoms with Crippen LogP contribution in [0.3, 0.4) is 0 Å². The lowest BCUT2D eigenvalue weighted by Gasteiger charge is -2.20. The van der Waals surface area contributed by atoms with Crippen LogP contribution in [0.5, 0.6) is 0 Å². The van der Waals surface area contributed by atoms with Crippen LogP contribution in [-0.2, 0) is 11.3 Å². The Morgan fingerprint density at radius 3 is 2.70 bits per heavy atom. The highest BCUT2D eigenvalue weighted by molar-refractivity contribution is 8.00. The number of fused-ring (bicyclic) bond motifs is 1. The summed E-state index contributed by atoms with van der Waals surface area (Å²) in [7, 11) is 0. The van der Waals surface area contributed by atoms with Crippen LogP contribution in [0.15, 0.2) is 28.2 Å². The number of rotatable bonds is 5. The van der Waals surface area contributed by atoms with E-state index in [-0.39, 0.29) is 23.4 Å². The smallest absolute Gasteiger partial charge is 0.324 e. The molecule has 3 rings (SSSR count). The molecule has 3 amide bonds. The highest BCUT2D eigenvalue weighted by Crippen LogP contribution is 2.25. The Kier molecular flexibility index (Phi) is 5.76. The number of halogens is 1. The molecule has 0 unspecified atom stereocenters. The number of hydrogen-bond acceptors (Lipinski definition) is 5. The largest absolute Gasteiger partial charge is 0.336 e. The second kappa shape index (κ2) is 7.90. The number of urea groups is 1. The molecule has 0 aliphatic carbocycles. The quantitative estimate of drug-likeness (QED) is 0.607. The third-order valence-corrected chi connectivity index (χ3v) is 5.49. The van der Waals surface area contributed by atoms with Crippen molar-refractivity contribution < 1.29 is 9.59 Å². The standard InChI is InChI=1S/C18H21ClN4O3S/c1-10(2)9-23-16(25)13-8-12(19)4-5-14(13)21-18(23)27-11(3)15(24)22-7-6-20-17(22)26/h4-5,8,10-11H,6-7,9H2,1-3H3,(H,20,26)/t11-/m1/s1. The summed E-state index contributed by atoms with van der Waals surface area (Å²) in [6.07, 6.45) is 0. The zero-order chi connectivity index (χ0) is 19.7. The van der Waals surface area contributed by atoms with Gasteiger partial charge in [-0.05, 0) is 31.0 Å². The zero-order valence-corrected chi connectivity index (χ0v) is 16.9. The Balaban J connectivity index is 1.99. The first-order valence-electron chi connectivity index (χ1n) is 8.74. The van der Waals surface area contributed by atoms with Gasteiger partial charge >= 0.3 is 6.03 Å². The summed E-state index contributed by atoms with van der Waals surface area (Å²) < 4.78 is 1.59. The van der Waals surface area contributed by atoms with Gasteiger partial charge in [0, 0.05) is 24.7 Å². The molecular weight excluding hydrogens is 388 g/mol. The first-order chi connectivity index (χ1) is 12.8.